The molecular formula is C26H31N7O2. The number of aromatic amines is 1. The van der Waals surface area contributed by atoms with Gasteiger partial charge in [-0.05, 0) is 33.5 Å². The molecule has 0 unspecified atom stereocenters. The molecule has 4 rings (SSSR count). The molecule has 0 atom stereocenters. The molecule has 9 heteroatoms. The number of allylic oxidation sites excluding steroid dienone is 1. The molecule has 0 radical (unpaired) electrons. The quantitative estimate of drug-likeness (QED) is 0.238. The van der Waals surface area contributed by atoms with Gasteiger partial charge >= 0.3 is 0 Å². The molecule has 182 valence electrons. The van der Waals surface area contributed by atoms with Gasteiger partial charge < -0.3 is 9.47 Å². The average molecular weight is 474 g/mol. The number of nitrogens with zero attached hydrogens (tertiary/aromatic N) is 6. The highest BCUT2D eigenvalue weighted by Crippen LogP contribution is 2.31. The lowest BCUT2D eigenvalue weighted by Gasteiger charge is -2.27. The highest BCUT2D eigenvalue weighted by Gasteiger charge is 2.36. The Morgan fingerprint density at radius 2 is 1.80 bits per heavy atom. The molecular weight excluding hydrogens is 442 g/mol. The first-order chi connectivity index (χ1) is 17.1. The topological polar surface area (TPSA) is 104 Å². The molecule has 0 spiro atoms. The van der Waals surface area contributed by atoms with Crippen LogP contribution < -0.4 is 0 Å². The van der Waals surface area contributed by atoms with E-state index in [9.17, 15) is 0 Å². The predicted molar refractivity (Wildman–Crippen MR) is 133 cm³/mol. The number of nitrogens with one attached hydrogen (secondary N) is 1. The number of H-pyrrole nitrogens is 1. The second-order valence-electron chi connectivity index (χ2n) is 8.24. The Balaban J connectivity index is 1.62. The van der Waals surface area contributed by atoms with Crippen molar-refractivity contribution in [2.75, 3.05) is 14.2 Å². The summed E-state index contributed by atoms with van der Waals surface area (Å²) in [6.45, 7) is 6.52. The highest BCUT2D eigenvalue weighted by molar-refractivity contribution is 5.80. The van der Waals surface area contributed by atoms with Gasteiger partial charge in [0.15, 0.2) is 5.82 Å². The van der Waals surface area contributed by atoms with Crippen molar-refractivity contribution in [3.63, 3.8) is 0 Å². The van der Waals surface area contributed by atoms with Gasteiger partial charge in [0.05, 0.1) is 6.54 Å². The fourth-order valence-corrected chi connectivity index (χ4v) is 4.17. The minimum atomic E-state index is -0.952. The van der Waals surface area contributed by atoms with Crippen molar-refractivity contribution in [3.8, 4) is 22.5 Å². The third kappa shape index (κ3) is 5.21. The molecule has 4 aromatic rings. The summed E-state index contributed by atoms with van der Waals surface area (Å²) in [5.41, 5.74) is 4.19. The molecule has 0 amide bonds. The van der Waals surface area contributed by atoms with Crippen LogP contribution in [0, 0.1) is 0 Å². The van der Waals surface area contributed by atoms with Crippen LogP contribution in [0.15, 0.2) is 61.2 Å². The van der Waals surface area contributed by atoms with Crippen molar-refractivity contribution >= 4 is 0 Å². The number of benzene rings is 2. The van der Waals surface area contributed by atoms with Crippen LogP contribution >= 0.6 is 0 Å². The number of aromatic nitrogens is 7. The van der Waals surface area contributed by atoms with Crippen LogP contribution in [-0.4, -0.2) is 49.6 Å². The standard InChI is InChI=1S/C26H31N7O2/c1-5-7-12-23-27-25(26(34-3,35-4)17-6-2)30-33(23)18-19-13-15-20(16-14-19)21-10-8-9-11-22(21)24-28-31-32-29-24/h5,8-11,13-16H,1,6-7,12,17-18H2,2-4H3,(H,28,29,31,32). The van der Waals surface area contributed by atoms with E-state index in [0.717, 1.165) is 47.3 Å². The fourth-order valence-electron chi connectivity index (χ4n) is 4.17. The van der Waals surface area contributed by atoms with Crippen molar-refractivity contribution < 1.29 is 9.47 Å². The molecule has 35 heavy (non-hydrogen) atoms. The Hall–Kier alpha value is -3.69. The Kier molecular flexibility index (Phi) is 7.79. The maximum atomic E-state index is 5.75. The first kappa shape index (κ1) is 24.4. The van der Waals surface area contributed by atoms with Gasteiger partial charge in [0.25, 0.3) is 0 Å². The molecule has 0 saturated heterocycles. The molecule has 0 aliphatic rings. The maximum absolute atomic E-state index is 5.75. The minimum Gasteiger partial charge on any atom is -0.347 e. The normalized spacial score (nSPS) is 11.6. The Labute approximate surface area is 205 Å². The summed E-state index contributed by atoms with van der Waals surface area (Å²) in [7, 11) is 3.27. The van der Waals surface area contributed by atoms with Crippen LogP contribution in [0.4, 0.5) is 0 Å². The van der Waals surface area contributed by atoms with Crippen LogP contribution in [0.3, 0.4) is 0 Å². The van der Waals surface area contributed by atoms with Crippen molar-refractivity contribution in [1.82, 2.24) is 35.4 Å². The number of hydrogen-bond acceptors (Lipinski definition) is 7. The van der Waals surface area contributed by atoms with Crippen LogP contribution in [-0.2, 0) is 28.2 Å². The van der Waals surface area contributed by atoms with Gasteiger partial charge in [0.1, 0.15) is 5.82 Å². The largest absolute Gasteiger partial charge is 0.347 e. The number of methoxy groups -OCH3 is 2. The molecule has 0 saturated carbocycles. The Bertz CT molecular complexity index is 1230. The summed E-state index contributed by atoms with van der Waals surface area (Å²) in [5.74, 6) is 1.11. The van der Waals surface area contributed by atoms with E-state index in [2.05, 4.69) is 64.5 Å². The van der Waals surface area contributed by atoms with E-state index in [1.165, 1.54) is 0 Å². The SMILES string of the molecule is C=CCCc1nc(C(CCC)(OC)OC)nn1Cc1ccc(-c2ccccc2-c2nnn[nH]2)cc1. The zero-order valence-electron chi connectivity index (χ0n) is 20.4. The number of hydrogen-bond donors (Lipinski definition) is 1. The van der Waals surface area contributed by atoms with Gasteiger partial charge in [-0.15, -0.1) is 16.8 Å². The maximum Gasteiger partial charge on any atom is 0.231 e. The third-order valence-electron chi connectivity index (χ3n) is 6.02. The molecule has 0 aliphatic heterocycles. The predicted octanol–water partition coefficient (Wildman–Crippen LogP) is 4.54. The van der Waals surface area contributed by atoms with E-state index < -0.39 is 5.79 Å². The molecule has 2 heterocycles. The third-order valence-corrected chi connectivity index (χ3v) is 6.02. The van der Waals surface area contributed by atoms with Crippen molar-refractivity contribution in [1.29, 1.82) is 0 Å². The van der Waals surface area contributed by atoms with E-state index in [1.807, 2.05) is 29.0 Å². The molecule has 0 bridgehead atoms. The second kappa shape index (κ2) is 11.2. The van der Waals surface area contributed by atoms with Gasteiger partial charge in [0.2, 0.25) is 11.6 Å². The van der Waals surface area contributed by atoms with E-state index in [4.69, 9.17) is 19.6 Å². The van der Waals surface area contributed by atoms with Crippen LogP contribution in [0.5, 0.6) is 0 Å². The number of ether oxygens (including phenoxy) is 2. The molecule has 9 nitrogen and oxygen atoms in total. The second-order valence-corrected chi connectivity index (χ2v) is 8.24. The average Bonchev–Trinajstić information content (AvgIpc) is 3.57. The number of tetrazole rings is 1. The lowest BCUT2D eigenvalue weighted by Crippen LogP contribution is -2.32. The fraction of sp³-hybridized carbons (Fsp3) is 0.346. The molecule has 2 aromatic carbocycles. The summed E-state index contributed by atoms with van der Waals surface area (Å²) < 4.78 is 13.4. The van der Waals surface area contributed by atoms with Crippen LogP contribution in [0.1, 0.15) is 43.4 Å². The van der Waals surface area contributed by atoms with Gasteiger partial charge in [-0.2, -0.15) is 0 Å². The first-order valence-electron chi connectivity index (χ1n) is 11.7. The molecule has 0 aliphatic carbocycles. The Morgan fingerprint density at radius 3 is 2.43 bits per heavy atom. The van der Waals surface area contributed by atoms with E-state index in [1.54, 1.807) is 14.2 Å². The molecule has 2 aromatic heterocycles. The zero-order chi connectivity index (χ0) is 24.7. The summed E-state index contributed by atoms with van der Waals surface area (Å²) in [6, 6.07) is 16.5. The zero-order valence-corrected chi connectivity index (χ0v) is 20.4. The summed E-state index contributed by atoms with van der Waals surface area (Å²) in [4.78, 5) is 4.81. The van der Waals surface area contributed by atoms with Gasteiger partial charge in [-0.25, -0.2) is 14.8 Å². The molecule has 1 N–H and O–H groups in total. The van der Waals surface area contributed by atoms with Crippen molar-refractivity contribution in [3.05, 3.63) is 78.4 Å². The lowest BCUT2D eigenvalue weighted by molar-refractivity contribution is -0.225. The minimum absolute atomic E-state index is 0.551. The smallest absolute Gasteiger partial charge is 0.231 e. The summed E-state index contributed by atoms with van der Waals surface area (Å²) in [5, 5.41) is 19.1. The van der Waals surface area contributed by atoms with E-state index >= 15 is 0 Å². The Morgan fingerprint density at radius 1 is 1.06 bits per heavy atom. The first-order valence-corrected chi connectivity index (χ1v) is 11.7. The summed E-state index contributed by atoms with van der Waals surface area (Å²) >= 11 is 0. The summed E-state index contributed by atoms with van der Waals surface area (Å²) in [6.07, 6.45) is 4.99. The van der Waals surface area contributed by atoms with Gasteiger partial charge in [0, 0.05) is 32.6 Å². The lowest BCUT2D eigenvalue weighted by atomic mass is 9.98. The van der Waals surface area contributed by atoms with Gasteiger partial charge in [-0.1, -0.05) is 68.0 Å². The van der Waals surface area contributed by atoms with Crippen LogP contribution in [0.25, 0.3) is 22.5 Å². The van der Waals surface area contributed by atoms with Crippen molar-refractivity contribution in [2.24, 2.45) is 0 Å². The molecule has 0 fully saturated rings. The number of rotatable bonds is 12. The van der Waals surface area contributed by atoms with Crippen LogP contribution in [0.2, 0.25) is 0 Å². The highest BCUT2D eigenvalue weighted by atomic mass is 16.7. The monoisotopic (exact) mass is 473 g/mol. The van der Waals surface area contributed by atoms with E-state index in [0.29, 0.717) is 24.6 Å². The van der Waals surface area contributed by atoms with Crippen molar-refractivity contribution in [2.45, 2.75) is 44.9 Å². The number of aryl methyl sites for hydroxylation is 1. The van der Waals surface area contributed by atoms with E-state index in [-0.39, 0.29) is 0 Å². The van der Waals surface area contributed by atoms with Gasteiger partial charge in [-0.3, -0.25) is 0 Å².